The molecule has 0 spiro atoms. The van der Waals surface area contributed by atoms with Crippen molar-refractivity contribution in [1.29, 1.82) is 0 Å². The molecule has 0 unspecified atom stereocenters. The molecule has 0 atom stereocenters. The molecule has 24 heavy (non-hydrogen) atoms. The van der Waals surface area contributed by atoms with Crippen LogP contribution in [0.25, 0.3) is 0 Å². The molecule has 132 valence electrons. The molecule has 1 aliphatic rings. The van der Waals surface area contributed by atoms with Gasteiger partial charge in [0, 0.05) is 32.7 Å². The van der Waals surface area contributed by atoms with E-state index in [4.69, 9.17) is 5.11 Å². The average molecular weight is 369 g/mol. The van der Waals surface area contributed by atoms with Gasteiger partial charge in [0.1, 0.15) is 0 Å². The van der Waals surface area contributed by atoms with Crippen LogP contribution in [0.1, 0.15) is 17.2 Å². The van der Waals surface area contributed by atoms with Crippen LogP contribution >= 0.6 is 24.8 Å². The first-order valence-corrected chi connectivity index (χ1v) is 8.05. The third-order valence-electron chi connectivity index (χ3n) is 4.42. The van der Waals surface area contributed by atoms with Crippen LogP contribution in [-0.2, 0) is 0 Å². The molecule has 0 saturated carbocycles. The molecule has 1 heterocycles. The second kappa shape index (κ2) is 10.7. The second-order valence-corrected chi connectivity index (χ2v) is 5.83. The summed E-state index contributed by atoms with van der Waals surface area (Å²) in [5.74, 6) is 0. The number of aliphatic hydroxyl groups is 1. The van der Waals surface area contributed by atoms with Crippen molar-refractivity contribution < 1.29 is 5.11 Å². The molecule has 2 aromatic rings. The first-order valence-electron chi connectivity index (χ1n) is 8.05. The van der Waals surface area contributed by atoms with Crippen LogP contribution in [0.3, 0.4) is 0 Å². The molecule has 0 radical (unpaired) electrons. The number of benzene rings is 2. The smallest absolute Gasteiger partial charge is 0.0602 e. The van der Waals surface area contributed by atoms with Gasteiger partial charge < -0.3 is 5.11 Å². The number of aliphatic hydroxyl groups excluding tert-OH is 1. The third kappa shape index (κ3) is 5.20. The van der Waals surface area contributed by atoms with Crippen molar-refractivity contribution in [3.63, 3.8) is 0 Å². The molecular formula is C19H26Cl2N2O. The van der Waals surface area contributed by atoms with E-state index in [1.165, 1.54) is 11.1 Å². The van der Waals surface area contributed by atoms with Gasteiger partial charge in [0.2, 0.25) is 0 Å². The minimum absolute atomic E-state index is 0. The zero-order valence-corrected chi connectivity index (χ0v) is 15.4. The van der Waals surface area contributed by atoms with E-state index in [-0.39, 0.29) is 31.4 Å². The number of halogens is 2. The summed E-state index contributed by atoms with van der Waals surface area (Å²) in [6.45, 7) is 5.16. The molecule has 3 nitrogen and oxygen atoms in total. The zero-order chi connectivity index (χ0) is 15.2. The predicted molar refractivity (Wildman–Crippen MR) is 104 cm³/mol. The SMILES string of the molecule is Cl.Cl.OCCN1CCN(C(c2ccccc2)c2ccccc2)CC1. The van der Waals surface area contributed by atoms with Gasteiger partial charge in [0.05, 0.1) is 12.6 Å². The van der Waals surface area contributed by atoms with Gasteiger partial charge >= 0.3 is 0 Å². The monoisotopic (exact) mass is 368 g/mol. The highest BCUT2D eigenvalue weighted by molar-refractivity contribution is 5.85. The Kier molecular flexibility index (Phi) is 9.34. The highest BCUT2D eigenvalue weighted by Crippen LogP contribution is 2.29. The van der Waals surface area contributed by atoms with Crippen LogP contribution < -0.4 is 0 Å². The highest BCUT2D eigenvalue weighted by atomic mass is 35.5. The zero-order valence-electron chi connectivity index (χ0n) is 13.8. The molecule has 0 amide bonds. The molecule has 1 aliphatic heterocycles. The van der Waals surface area contributed by atoms with E-state index < -0.39 is 0 Å². The van der Waals surface area contributed by atoms with Crippen molar-refractivity contribution in [3.05, 3.63) is 71.8 Å². The molecule has 1 saturated heterocycles. The first kappa shape index (κ1) is 20.9. The quantitative estimate of drug-likeness (QED) is 0.877. The van der Waals surface area contributed by atoms with Crippen molar-refractivity contribution >= 4 is 24.8 Å². The second-order valence-electron chi connectivity index (χ2n) is 5.83. The van der Waals surface area contributed by atoms with Gasteiger partial charge in [-0.25, -0.2) is 0 Å². The van der Waals surface area contributed by atoms with Crippen molar-refractivity contribution in [2.75, 3.05) is 39.3 Å². The summed E-state index contributed by atoms with van der Waals surface area (Å²) < 4.78 is 0. The van der Waals surface area contributed by atoms with E-state index in [2.05, 4.69) is 70.5 Å². The molecule has 1 fully saturated rings. The number of rotatable bonds is 5. The van der Waals surface area contributed by atoms with Crippen LogP contribution in [0.2, 0.25) is 0 Å². The van der Waals surface area contributed by atoms with Crippen LogP contribution in [0.15, 0.2) is 60.7 Å². The summed E-state index contributed by atoms with van der Waals surface area (Å²) in [4.78, 5) is 4.89. The predicted octanol–water partition coefficient (Wildman–Crippen LogP) is 3.23. The lowest BCUT2D eigenvalue weighted by Gasteiger charge is -2.39. The summed E-state index contributed by atoms with van der Waals surface area (Å²) in [6.07, 6.45) is 0. The number of hydrogen-bond donors (Lipinski definition) is 1. The van der Waals surface area contributed by atoms with E-state index in [1.807, 2.05) is 0 Å². The van der Waals surface area contributed by atoms with Gasteiger partial charge in [-0.2, -0.15) is 0 Å². The Balaban J connectivity index is 0.00000144. The van der Waals surface area contributed by atoms with Gasteiger partial charge in [0.15, 0.2) is 0 Å². The number of piperazine rings is 1. The maximum Gasteiger partial charge on any atom is 0.0602 e. The van der Waals surface area contributed by atoms with Crippen LogP contribution in [0, 0.1) is 0 Å². The topological polar surface area (TPSA) is 26.7 Å². The molecular weight excluding hydrogens is 343 g/mol. The fourth-order valence-electron chi connectivity index (χ4n) is 3.27. The number of nitrogens with zero attached hydrogens (tertiary/aromatic N) is 2. The maximum atomic E-state index is 9.09. The van der Waals surface area contributed by atoms with Crippen molar-refractivity contribution in [1.82, 2.24) is 9.80 Å². The molecule has 0 aromatic heterocycles. The van der Waals surface area contributed by atoms with E-state index >= 15 is 0 Å². The summed E-state index contributed by atoms with van der Waals surface area (Å²) in [7, 11) is 0. The summed E-state index contributed by atoms with van der Waals surface area (Å²) in [6, 6.07) is 21.8. The van der Waals surface area contributed by atoms with E-state index in [0.29, 0.717) is 6.04 Å². The summed E-state index contributed by atoms with van der Waals surface area (Å²) >= 11 is 0. The van der Waals surface area contributed by atoms with Gasteiger partial charge in [-0.15, -0.1) is 24.8 Å². The fraction of sp³-hybridized carbons (Fsp3) is 0.368. The summed E-state index contributed by atoms with van der Waals surface area (Å²) in [5, 5.41) is 9.09. The molecule has 0 bridgehead atoms. The number of hydrogen-bond acceptors (Lipinski definition) is 3. The summed E-state index contributed by atoms with van der Waals surface area (Å²) in [5.41, 5.74) is 2.70. The Labute approximate surface area is 157 Å². The Hall–Kier alpha value is -1.10. The van der Waals surface area contributed by atoms with Gasteiger partial charge in [0.25, 0.3) is 0 Å². The van der Waals surface area contributed by atoms with E-state index in [1.54, 1.807) is 0 Å². The van der Waals surface area contributed by atoms with Crippen molar-refractivity contribution in [2.24, 2.45) is 0 Å². The van der Waals surface area contributed by atoms with Gasteiger partial charge in [-0.1, -0.05) is 60.7 Å². The molecule has 3 rings (SSSR count). The van der Waals surface area contributed by atoms with Crippen LogP contribution in [0.4, 0.5) is 0 Å². The molecule has 5 heteroatoms. The fourth-order valence-corrected chi connectivity index (χ4v) is 3.27. The van der Waals surface area contributed by atoms with E-state index in [9.17, 15) is 0 Å². The normalized spacial score (nSPS) is 15.6. The maximum absolute atomic E-state index is 9.09. The lowest BCUT2D eigenvalue weighted by Crippen LogP contribution is -2.48. The Morgan fingerprint density at radius 1 is 0.750 bits per heavy atom. The standard InChI is InChI=1S/C19H24N2O.2ClH/c22-16-15-20-11-13-21(14-12-20)19(17-7-3-1-4-8-17)18-9-5-2-6-10-18;;/h1-10,19,22H,11-16H2;2*1H. The number of β-amino-alcohol motifs (C(OH)–C–C–N with tert-alkyl or cyclic N) is 1. The molecule has 1 N–H and O–H groups in total. The van der Waals surface area contributed by atoms with Crippen molar-refractivity contribution in [2.45, 2.75) is 6.04 Å². The Morgan fingerprint density at radius 3 is 1.62 bits per heavy atom. The van der Waals surface area contributed by atoms with Crippen LogP contribution in [-0.4, -0.2) is 54.2 Å². The Morgan fingerprint density at radius 2 is 1.21 bits per heavy atom. The minimum atomic E-state index is 0. The highest BCUT2D eigenvalue weighted by Gasteiger charge is 2.25. The van der Waals surface area contributed by atoms with Crippen LogP contribution in [0.5, 0.6) is 0 Å². The average Bonchev–Trinajstić information content (AvgIpc) is 2.59. The molecule has 2 aromatic carbocycles. The third-order valence-corrected chi connectivity index (χ3v) is 4.42. The minimum Gasteiger partial charge on any atom is -0.395 e. The van der Waals surface area contributed by atoms with Gasteiger partial charge in [-0.3, -0.25) is 9.80 Å². The Bertz CT molecular complexity index is 521. The molecule has 0 aliphatic carbocycles. The largest absolute Gasteiger partial charge is 0.395 e. The lowest BCUT2D eigenvalue weighted by molar-refractivity contribution is 0.0945. The first-order chi connectivity index (χ1) is 10.9. The van der Waals surface area contributed by atoms with E-state index in [0.717, 1.165) is 32.7 Å². The van der Waals surface area contributed by atoms with Gasteiger partial charge in [-0.05, 0) is 11.1 Å². The lowest BCUT2D eigenvalue weighted by atomic mass is 9.96. The van der Waals surface area contributed by atoms with Crippen molar-refractivity contribution in [3.8, 4) is 0 Å².